The van der Waals surface area contributed by atoms with E-state index >= 15 is 0 Å². The zero-order valence-corrected chi connectivity index (χ0v) is 12.5. The number of aromatic nitrogens is 3. The highest BCUT2D eigenvalue weighted by Gasteiger charge is 2.07. The molecule has 0 unspecified atom stereocenters. The van der Waals surface area contributed by atoms with Crippen molar-refractivity contribution in [3.05, 3.63) is 48.3 Å². The van der Waals surface area contributed by atoms with Crippen LogP contribution in [0.1, 0.15) is 5.56 Å². The van der Waals surface area contributed by atoms with Gasteiger partial charge in [-0.25, -0.2) is 9.55 Å². The number of benzene rings is 1. The lowest BCUT2D eigenvalue weighted by Crippen LogP contribution is -3.00. The van der Waals surface area contributed by atoms with Crippen LogP contribution in [-0.2, 0) is 7.05 Å². The van der Waals surface area contributed by atoms with Crippen molar-refractivity contribution in [2.45, 2.75) is 6.92 Å². The van der Waals surface area contributed by atoms with Crippen LogP contribution in [0.25, 0.3) is 22.4 Å². The molecule has 0 fully saturated rings. The van der Waals surface area contributed by atoms with Crippen LogP contribution in [0, 0.1) is 6.92 Å². The predicted molar refractivity (Wildman–Crippen MR) is 67.4 cm³/mol. The highest BCUT2D eigenvalue weighted by molar-refractivity contribution is 5.79. The standard InChI is InChI=1S/C14H14N3.HI/c1-10-5-6-12-13(8-10)16-14(15-12)11-4-3-7-17(2)9-11;/h3-9H,1-2H3,(H,15,16);1H/q+1;/p-1. The summed E-state index contributed by atoms with van der Waals surface area (Å²) in [6.07, 6.45) is 4.07. The van der Waals surface area contributed by atoms with Crippen molar-refractivity contribution in [2.24, 2.45) is 7.05 Å². The highest BCUT2D eigenvalue weighted by atomic mass is 127. The number of imidazole rings is 1. The summed E-state index contributed by atoms with van der Waals surface area (Å²) in [4.78, 5) is 7.95. The Morgan fingerprint density at radius 1 is 1.22 bits per heavy atom. The number of aromatic amines is 1. The van der Waals surface area contributed by atoms with E-state index in [-0.39, 0.29) is 24.0 Å². The molecule has 0 radical (unpaired) electrons. The van der Waals surface area contributed by atoms with Crippen molar-refractivity contribution in [3.8, 4) is 11.4 Å². The smallest absolute Gasteiger partial charge is 0.179 e. The molecule has 0 saturated heterocycles. The van der Waals surface area contributed by atoms with Gasteiger partial charge in [0.25, 0.3) is 0 Å². The summed E-state index contributed by atoms with van der Waals surface area (Å²) < 4.78 is 2.02. The summed E-state index contributed by atoms with van der Waals surface area (Å²) in [5, 5.41) is 0. The molecular weight excluding hydrogens is 337 g/mol. The summed E-state index contributed by atoms with van der Waals surface area (Å²) in [6, 6.07) is 10.3. The number of fused-ring (bicyclic) bond motifs is 1. The van der Waals surface area contributed by atoms with Crippen LogP contribution in [0.2, 0.25) is 0 Å². The third kappa shape index (κ3) is 2.38. The van der Waals surface area contributed by atoms with Crippen LogP contribution in [0.3, 0.4) is 0 Å². The first kappa shape index (κ1) is 13.0. The molecule has 0 saturated carbocycles. The Balaban J connectivity index is 0.00000120. The largest absolute Gasteiger partial charge is 1.00 e. The zero-order valence-electron chi connectivity index (χ0n) is 10.3. The summed E-state index contributed by atoms with van der Waals surface area (Å²) in [5.41, 5.74) is 4.44. The lowest BCUT2D eigenvalue weighted by Gasteiger charge is -1.93. The Hall–Kier alpha value is -1.43. The molecule has 3 aromatic rings. The molecule has 0 bridgehead atoms. The number of H-pyrrole nitrogens is 1. The maximum atomic E-state index is 4.60. The lowest BCUT2D eigenvalue weighted by atomic mass is 10.2. The fraction of sp³-hybridized carbons (Fsp3) is 0.143. The van der Waals surface area contributed by atoms with Gasteiger partial charge in [-0.2, -0.15) is 0 Å². The number of nitrogens with zero attached hydrogens (tertiary/aromatic N) is 2. The predicted octanol–water partition coefficient (Wildman–Crippen LogP) is -0.633. The van der Waals surface area contributed by atoms with E-state index in [0.29, 0.717) is 0 Å². The first-order valence-electron chi connectivity index (χ1n) is 5.64. The average molecular weight is 351 g/mol. The molecule has 2 heterocycles. The third-order valence-corrected chi connectivity index (χ3v) is 2.85. The molecule has 2 aromatic heterocycles. The Kier molecular flexibility index (Phi) is 3.65. The van der Waals surface area contributed by atoms with Gasteiger partial charge in [0.1, 0.15) is 12.9 Å². The molecule has 3 nitrogen and oxygen atoms in total. The molecular formula is C14H14IN3. The van der Waals surface area contributed by atoms with E-state index in [1.807, 2.05) is 29.9 Å². The van der Waals surface area contributed by atoms with Gasteiger partial charge in [0.15, 0.2) is 12.4 Å². The minimum atomic E-state index is 0. The van der Waals surface area contributed by atoms with Gasteiger partial charge in [-0.05, 0) is 30.7 Å². The summed E-state index contributed by atoms with van der Waals surface area (Å²) in [6.45, 7) is 2.09. The van der Waals surface area contributed by atoms with Gasteiger partial charge in [0, 0.05) is 6.07 Å². The van der Waals surface area contributed by atoms with Crippen LogP contribution in [0.15, 0.2) is 42.7 Å². The van der Waals surface area contributed by atoms with Crippen molar-refractivity contribution < 1.29 is 28.5 Å². The van der Waals surface area contributed by atoms with E-state index in [1.54, 1.807) is 0 Å². The summed E-state index contributed by atoms with van der Waals surface area (Å²) in [5.74, 6) is 0.918. The number of hydrogen-bond donors (Lipinski definition) is 1. The zero-order chi connectivity index (χ0) is 11.8. The fourth-order valence-corrected chi connectivity index (χ4v) is 1.99. The molecule has 1 N–H and O–H groups in total. The topological polar surface area (TPSA) is 32.6 Å². The number of hydrogen-bond acceptors (Lipinski definition) is 1. The Morgan fingerprint density at radius 2 is 2.06 bits per heavy atom. The summed E-state index contributed by atoms with van der Waals surface area (Å²) in [7, 11) is 2.01. The van der Waals surface area contributed by atoms with Crippen LogP contribution in [0.4, 0.5) is 0 Å². The van der Waals surface area contributed by atoms with E-state index < -0.39 is 0 Å². The molecule has 0 spiro atoms. The van der Waals surface area contributed by atoms with E-state index in [9.17, 15) is 0 Å². The maximum absolute atomic E-state index is 4.60. The Bertz CT molecular complexity index is 688. The second kappa shape index (κ2) is 5.06. The van der Waals surface area contributed by atoms with Gasteiger partial charge >= 0.3 is 0 Å². The molecule has 0 amide bonds. The van der Waals surface area contributed by atoms with Gasteiger partial charge in [-0.3, -0.25) is 0 Å². The van der Waals surface area contributed by atoms with Gasteiger partial charge in [0.05, 0.1) is 16.6 Å². The van der Waals surface area contributed by atoms with Crippen molar-refractivity contribution >= 4 is 11.0 Å². The Morgan fingerprint density at radius 3 is 2.83 bits per heavy atom. The first-order valence-corrected chi connectivity index (χ1v) is 5.64. The minimum absolute atomic E-state index is 0. The van der Waals surface area contributed by atoms with Gasteiger partial charge in [-0.1, -0.05) is 6.07 Å². The van der Waals surface area contributed by atoms with E-state index in [1.165, 1.54) is 5.56 Å². The van der Waals surface area contributed by atoms with Crippen LogP contribution < -0.4 is 28.5 Å². The minimum Gasteiger partial charge on any atom is -1.00 e. The van der Waals surface area contributed by atoms with Crippen LogP contribution in [0.5, 0.6) is 0 Å². The van der Waals surface area contributed by atoms with E-state index in [4.69, 9.17) is 0 Å². The van der Waals surface area contributed by atoms with Crippen molar-refractivity contribution in [3.63, 3.8) is 0 Å². The normalized spacial score (nSPS) is 10.3. The quantitative estimate of drug-likeness (QED) is 0.460. The summed E-state index contributed by atoms with van der Waals surface area (Å²) >= 11 is 0. The highest BCUT2D eigenvalue weighted by Crippen LogP contribution is 2.19. The number of nitrogens with one attached hydrogen (secondary N) is 1. The second-order valence-electron chi connectivity index (χ2n) is 4.36. The maximum Gasteiger partial charge on any atom is 0.179 e. The van der Waals surface area contributed by atoms with Crippen LogP contribution >= 0.6 is 0 Å². The number of aryl methyl sites for hydroxylation is 2. The van der Waals surface area contributed by atoms with E-state index in [2.05, 4.69) is 41.3 Å². The average Bonchev–Trinajstić information content (AvgIpc) is 2.72. The first-order chi connectivity index (χ1) is 8.22. The lowest BCUT2D eigenvalue weighted by molar-refractivity contribution is -0.671. The number of pyridine rings is 1. The molecule has 92 valence electrons. The molecule has 4 heteroatoms. The van der Waals surface area contributed by atoms with Crippen molar-refractivity contribution in [1.29, 1.82) is 0 Å². The number of halogens is 1. The van der Waals surface area contributed by atoms with Crippen molar-refractivity contribution in [2.75, 3.05) is 0 Å². The second-order valence-corrected chi connectivity index (χ2v) is 4.36. The monoisotopic (exact) mass is 351 g/mol. The van der Waals surface area contributed by atoms with E-state index in [0.717, 1.165) is 22.4 Å². The molecule has 1 aromatic carbocycles. The van der Waals surface area contributed by atoms with Gasteiger partial charge in [-0.15, -0.1) is 0 Å². The number of rotatable bonds is 1. The Labute approximate surface area is 123 Å². The van der Waals surface area contributed by atoms with Crippen molar-refractivity contribution in [1.82, 2.24) is 9.97 Å². The third-order valence-electron chi connectivity index (χ3n) is 2.85. The molecule has 0 aliphatic heterocycles. The van der Waals surface area contributed by atoms with Gasteiger partial charge in [0.2, 0.25) is 0 Å². The molecule has 0 aliphatic rings. The fourth-order valence-electron chi connectivity index (χ4n) is 1.99. The van der Waals surface area contributed by atoms with Gasteiger partial charge < -0.3 is 29.0 Å². The molecule has 0 atom stereocenters. The molecule has 3 rings (SSSR count). The molecule has 0 aliphatic carbocycles. The molecule has 18 heavy (non-hydrogen) atoms. The van der Waals surface area contributed by atoms with Crippen LogP contribution in [-0.4, -0.2) is 9.97 Å². The SMILES string of the molecule is Cc1ccc2nc(-c3ccc[n+](C)c3)[nH]c2c1.[I-].